The van der Waals surface area contributed by atoms with Gasteiger partial charge in [-0.15, -0.1) is 0 Å². The zero-order valence-corrected chi connectivity index (χ0v) is 18.5. The van der Waals surface area contributed by atoms with Gasteiger partial charge < -0.3 is 9.84 Å². The summed E-state index contributed by atoms with van der Waals surface area (Å²) < 4.78 is 6.88. The summed E-state index contributed by atoms with van der Waals surface area (Å²) in [5.41, 5.74) is 3.17. The highest BCUT2D eigenvalue weighted by Gasteiger charge is 2.18. The number of aryl methyl sites for hydroxylation is 1. The van der Waals surface area contributed by atoms with Gasteiger partial charge in [0.05, 0.1) is 11.1 Å². The molecule has 0 spiro atoms. The summed E-state index contributed by atoms with van der Waals surface area (Å²) in [5.74, 6) is 0.763. The number of para-hydroxylation sites is 1. The minimum atomic E-state index is -0.301. The molecule has 7 heteroatoms. The van der Waals surface area contributed by atoms with Crippen molar-refractivity contribution in [2.24, 2.45) is 0 Å². The van der Waals surface area contributed by atoms with Crippen LogP contribution in [0.5, 0.6) is 0 Å². The third kappa shape index (κ3) is 4.46. The van der Waals surface area contributed by atoms with E-state index in [1.807, 2.05) is 50.2 Å². The van der Waals surface area contributed by atoms with Crippen LogP contribution >= 0.6 is 0 Å². The largest absolute Gasteiger partial charge is 0.350 e. The fourth-order valence-corrected chi connectivity index (χ4v) is 3.55. The van der Waals surface area contributed by atoms with E-state index in [-0.39, 0.29) is 23.9 Å². The third-order valence-corrected chi connectivity index (χ3v) is 5.43. The molecule has 4 rings (SSSR count). The van der Waals surface area contributed by atoms with E-state index < -0.39 is 0 Å². The van der Waals surface area contributed by atoms with Crippen molar-refractivity contribution >= 4 is 16.8 Å². The Kier molecular flexibility index (Phi) is 6.16. The number of nitrogens with one attached hydrogen (secondary N) is 1. The first-order valence-electron chi connectivity index (χ1n) is 10.8. The molecule has 0 unspecified atom stereocenters. The predicted octanol–water partition coefficient (Wildman–Crippen LogP) is 4.05. The van der Waals surface area contributed by atoms with E-state index in [2.05, 4.69) is 34.5 Å². The van der Waals surface area contributed by atoms with Gasteiger partial charge in [-0.05, 0) is 23.6 Å². The van der Waals surface area contributed by atoms with E-state index in [9.17, 15) is 9.59 Å². The Morgan fingerprint density at radius 2 is 1.81 bits per heavy atom. The second kappa shape index (κ2) is 9.18. The molecule has 164 valence electrons. The molecule has 0 saturated carbocycles. The quantitative estimate of drug-likeness (QED) is 0.478. The van der Waals surface area contributed by atoms with Crippen molar-refractivity contribution < 1.29 is 9.32 Å². The van der Waals surface area contributed by atoms with Crippen LogP contribution in [0.2, 0.25) is 0 Å². The first-order chi connectivity index (χ1) is 15.5. The first kappa shape index (κ1) is 21.5. The Bertz CT molecular complexity index is 1300. The number of amides is 1. The van der Waals surface area contributed by atoms with E-state index in [1.165, 1.54) is 16.2 Å². The molecule has 0 radical (unpaired) electrons. The topological polar surface area (TPSA) is 90.0 Å². The molecular weight excluding hydrogens is 404 g/mol. The third-order valence-electron chi connectivity index (χ3n) is 5.43. The molecule has 0 aliphatic heterocycles. The van der Waals surface area contributed by atoms with Gasteiger partial charge in [0.1, 0.15) is 6.54 Å². The molecule has 2 aromatic heterocycles. The summed E-state index contributed by atoms with van der Waals surface area (Å²) in [6, 6.07) is 17.0. The molecule has 2 aromatic carbocycles. The van der Waals surface area contributed by atoms with Crippen molar-refractivity contribution in [2.75, 3.05) is 0 Å². The van der Waals surface area contributed by atoms with Crippen molar-refractivity contribution in [1.29, 1.82) is 0 Å². The molecule has 2 heterocycles. The smallest absolute Gasteiger partial charge is 0.258 e. The number of carbonyl (C=O) groups is 1. The lowest BCUT2D eigenvalue weighted by atomic mass is 10.1. The second-order valence-corrected chi connectivity index (χ2v) is 8.06. The molecule has 0 aliphatic rings. The van der Waals surface area contributed by atoms with Crippen molar-refractivity contribution in [2.45, 2.75) is 46.2 Å². The summed E-state index contributed by atoms with van der Waals surface area (Å²) >= 11 is 0. The molecule has 0 fully saturated rings. The van der Waals surface area contributed by atoms with Crippen molar-refractivity contribution in [3.63, 3.8) is 0 Å². The van der Waals surface area contributed by atoms with Gasteiger partial charge in [0, 0.05) is 23.9 Å². The lowest BCUT2D eigenvalue weighted by molar-refractivity contribution is -0.121. The van der Waals surface area contributed by atoms with Gasteiger partial charge in [0.25, 0.3) is 11.4 Å². The van der Waals surface area contributed by atoms with Gasteiger partial charge >= 0.3 is 0 Å². The van der Waals surface area contributed by atoms with Crippen LogP contribution in [0.4, 0.5) is 0 Å². The molecular formula is C25H26N4O3. The van der Waals surface area contributed by atoms with Gasteiger partial charge in [-0.3, -0.25) is 14.2 Å². The average molecular weight is 431 g/mol. The lowest BCUT2D eigenvalue weighted by Gasteiger charge is -2.12. The molecule has 4 aromatic rings. The zero-order valence-electron chi connectivity index (χ0n) is 18.5. The van der Waals surface area contributed by atoms with Crippen molar-refractivity contribution in [3.05, 3.63) is 81.9 Å². The molecule has 0 bridgehead atoms. The molecule has 0 saturated heterocycles. The van der Waals surface area contributed by atoms with Crippen LogP contribution in [0.1, 0.15) is 43.6 Å². The molecule has 32 heavy (non-hydrogen) atoms. The SMILES string of the molecule is CCc1ccc(CNC(=O)Cn2c(=O)cc(-c3nc(C(C)C)no3)c3ccccc32)cc1. The highest BCUT2D eigenvalue weighted by Crippen LogP contribution is 2.27. The Labute approximate surface area is 186 Å². The van der Waals surface area contributed by atoms with Gasteiger partial charge in [-0.25, -0.2) is 0 Å². The summed E-state index contributed by atoms with van der Waals surface area (Å²) in [7, 11) is 0. The highest BCUT2D eigenvalue weighted by atomic mass is 16.5. The fraction of sp³-hybridized carbons (Fsp3) is 0.280. The number of hydrogen-bond donors (Lipinski definition) is 1. The second-order valence-electron chi connectivity index (χ2n) is 8.06. The minimum Gasteiger partial charge on any atom is -0.350 e. The Morgan fingerprint density at radius 3 is 2.50 bits per heavy atom. The van der Waals surface area contributed by atoms with E-state index in [0.29, 0.717) is 29.3 Å². The van der Waals surface area contributed by atoms with Gasteiger partial charge in [0.15, 0.2) is 5.82 Å². The van der Waals surface area contributed by atoms with E-state index in [1.54, 1.807) is 0 Å². The number of aromatic nitrogens is 3. The number of nitrogens with zero attached hydrogens (tertiary/aromatic N) is 3. The average Bonchev–Trinajstić information content (AvgIpc) is 3.30. The predicted molar refractivity (Wildman–Crippen MR) is 123 cm³/mol. The Morgan fingerprint density at radius 1 is 1.09 bits per heavy atom. The number of hydrogen-bond acceptors (Lipinski definition) is 5. The van der Waals surface area contributed by atoms with Gasteiger partial charge in [-0.1, -0.05) is 68.4 Å². The van der Waals surface area contributed by atoms with Crippen molar-refractivity contribution in [1.82, 2.24) is 20.0 Å². The van der Waals surface area contributed by atoms with Gasteiger partial charge in [-0.2, -0.15) is 4.98 Å². The van der Waals surface area contributed by atoms with Crippen LogP contribution in [0, 0.1) is 0 Å². The van der Waals surface area contributed by atoms with Crippen LogP contribution in [0.15, 0.2) is 63.9 Å². The maximum absolute atomic E-state index is 12.9. The van der Waals surface area contributed by atoms with Crippen LogP contribution in [-0.4, -0.2) is 20.6 Å². The van der Waals surface area contributed by atoms with Gasteiger partial charge in [0.2, 0.25) is 5.91 Å². The van der Waals surface area contributed by atoms with Crippen molar-refractivity contribution in [3.8, 4) is 11.5 Å². The van der Waals surface area contributed by atoms with Crippen LogP contribution in [-0.2, 0) is 24.3 Å². The molecule has 1 N–H and O–H groups in total. The Hall–Kier alpha value is -3.74. The minimum absolute atomic E-state index is 0.0756. The van der Waals surface area contributed by atoms with E-state index in [4.69, 9.17) is 4.52 Å². The summed E-state index contributed by atoms with van der Waals surface area (Å²) in [5, 5.41) is 7.68. The number of carbonyl (C=O) groups excluding carboxylic acids is 1. The molecule has 1 amide bonds. The first-order valence-corrected chi connectivity index (χ1v) is 10.8. The van der Waals surface area contributed by atoms with E-state index >= 15 is 0 Å². The molecule has 0 atom stereocenters. The maximum Gasteiger partial charge on any atom is 0.258 e. The summed E-state index contributed by atoms with van der Waals surface area (Å²) in [6.07, 6.45) is 0.973. The van der Waals surface area contributed by atoms with Crippen LogP contribution in [0.3, 0.4) is 0 Å². The standard InChI is InChI=1S/C25H26N4O3/c1-4-17-9-11-18(12-10-17)14-26-22(30)15-29-21-8-6-5-7-19(21)20(13-23(29)31)25-27-24(16(2)3)28-32-25/h5-13,16H,4,14-15H2,1-3H3,(H,26,30). The maximum atomic E-state index is 12.9. The number of rotatable bonds is 7. The van der Waals surface area contributed by atoms with Crippen LogP contribution < -0.4 is 10.9 Å². The van der Waals surface area contributed by atoms with E-state index in [0.717, 1.165) is 17.4 Å². The molecule has 7 nitrogen and oxygen atoms in total. The monoisotopic (exact) mass is 430 g/mol. The zero-order chi connectivity index (χ0) is 22.7. The number of benzene rings is 2. The van der Waals surface area contributed by atoms with Crippen LogP contribution in [0.25, 0.3) is 22.4 Å². The summed E-state index contributed by atoms with van der Waals surface area (Å²) in [6.45, 7) is 6.39. The Balaban J connectivity index is 1.59. The highest BCUT2D eigenvalue weighted by molar-refractivity contribution is 5.93. The summed E-state index contributed by atoms with van der Waals surface area (Å²) in [4.78, 5) is 30.0. The number of fused-ring (bicyclic) bond motifs is 1. The lowest BCUT2D eigenvalue weighted by Crippen LogP contribution is -2.32. The molecule has 0 aliphatic carbocycles. The normalized spacial score (nSPS) is 11.2. The number of pyridine rings is 1. The fourth-order valence-electron chi connectivity index (χ4n) is 3.55.